The average Bonchev–Trinajstić information content (AvgIpc) is 2.94. The van der Waals surface area contributed by atoms with Crippen LogP contribution in [0.4, 0.5) is 0 Å². The van der Waals surface area contributed by atoms with Crippen LogP contribution in [-0.4, -0.2) is 36.3 Å². The van der Waals surface area contributed by atoms with Crippen molar-refractivity contribution in [2.75, 3.05) is 19.8 Å². The largest absolute Gasteiger partial charge is 0.508 e. The molecule has 4 aromatic rings. The lowest BCUT2D eigenvalue weighted by atomic mass is 9.88. The highest BCUT2D eigenvalue weighted by atomic mass is 16.7. The standard InChI is InChI=1S/C35H38O5/c1-23-19-24(2)34(25(3)20-23)28-21-31(26-8-12-29(36)13-9-26)35(32(22-28)27-10-14-30(37)15-11-27)40-18-6-17-39-33-7-4-5-16-38-33/h8-15,19-22,33,36-37H,4-7,16-18H2,1-3H3. The molecule has 0 amide bonds. The molecule has 5 nitrogen and oxygen atoms in total. The molecule has 5 heteroatoms. The summed E-state index contributed by atoms with van der Waals surface area (Å²) in [5, 5.41) is 20.0. The van der Waals surface area contributed by atoms with Gasteiger partial charge in [-0.15, -0.1) is 0 Å². The first kappa shape index (κ1) is 27.8. The summed E-state index contributed by atoms with van der Waals surface area (Å²) < 4.78 is 18.2. The fourth-order valence-corrected chi connectivity index (χ4v) is 5.57. The van der Waals surface area contributed by atoms with Gasteiger partial charge in [0.05, 0.1) is 13.2 Å². The van der Waals surface area contributed by atoms with Crippen LogP contribution in [0.5, 0.6) is 17.2 Å². The number of benzene rings is 4. The summed E-state index contributed by atoms with van der Waals surface area (Å²) in [6.45, 7) is 8.22. The first-order chi connectivity index (χ1) is 19.4. The highest BCUT2D eigenvalue weighted by molar-refractivity contribution is 5.89. The summed E-state index contributed by atoms with van der Waals surface area (Å²) in [6.07, 6.45) is 3.78. The van der Waals surface area contributed by atoms with Gasteiger partial charge in [0, 0.05) is 24.2 Å². The van der Waals surface area contributed by atoms with E-state index in [0.29, 0.717) is 13.2 Å². The third-order valence-corrected chi connectivity index (χ3v) is 7.39. The number of rotatable bonds is 9. The second-order valence-electron chi connectivity index (χ2n) is 10.6. The Kier molecular flexibility index (Phi) is 8.73. The van der Waals surface area contributed by atoms with Gasteiger partial charge < -0.3 is 24.4 Å². The maximum absolute atomic E-state index is 9.99. The Morgan fingerprint density at radius 3 is 1.82 bits per heavy atom. The van der Waals surface area contributed by atoms with E-state index in [0.717, 1.165) is 65.9 Å². The van der Waals surface area contributed by atoms with Gasteiger partial charge in [-0.05, 0) is 110 Å². The molecule has 1 atom stereocenters. The first-order valence-electron chi connectivity index (χ1n) is 14.1. The number of aromatic hydroxyl groups is 2. The Balaban J connectivity index is 1.56. The van der Waals surface area contributed by atoms with Crippen LogP contribution in [0.3, 0.4) is 0 Å². The maximum Gasteiger partial charge on any atom is 0.157 e. The van der Waals surface area contributed by atoms with Crippen LogP contribution in [0.1, 0.15) is 42.4 Å². The highest BCUT2D eigenvalue weighted by Crippen LogP contribution is 2.44. The molecule has 0 aromatic heterocycles. The minimum Gasteiger partial charge on any atom is -0.508 e. The van der Waals surface area contributed by atoms with Crippen LogP contribution in [-0.2, 0) is 9.47 Å². The molecule has 1 saturated heterocycles. The number of phenolic OH excluding ortho intramolecular Hbond substituents is 2. The second-order valence-corrected chi connectivity index (χ2v) is 10.6. The monoisotopic (exact) mass is 538 g/mol. The van der Waals surface area contributed by atoms with E-state index in [1.165, 1.54) is 22.3 Å². The third-order valence-electron chi connectivity index (χ3n) is 7.39. The first-order valence-corrected chi connectivity index (χ1v) is 14.1. The maximum atomic E-state index is 9.99. The van der Waals surface area contributed by atoms with Crippen molar-refractivity contribution in [3.63, 3.8) is 0 Å². The molecule has 0 spiro atoms. The van der Waals surface area contributed by atoms with Gasteiger partial charge >= 0.3 is 0 Å². The molecule has 1 heterocycles. The van der Waals surface area contributed by atoms with Crippen molar-refractivity contribution in [2.24, 2.45) is 0 Å². The summed E-state index contributed by atoms with van der Waals surface area (Å²) in [5.74, 6) is 1.19. The predicted molar refractivity (Wildman–Crippen MR) is 160 cm³/mol. The van der Waals surface area contributed by atoms with Crippen molar-refractivity contribution in [2.45, 2.75) is 52.7 Å². The van der Waals surface area contributed by atoms with Gasteiger partial charge in [-0.3, -0.25) is 0 Å². The zero-order chi connectivity index (χ0) is 28.1. The SMILES string of the molecule is Cc1cc(C)c(-c2cc(-c3ccc(O)cc3)c(OCCCOC3CCCCO3)c(-c3ccc(O)cc3)c2)c(C)c1. The summed E-state index contributed by atoms with van der Waals surface area (Å²) in [5.41, 5.74) is 9.71. The molecular weight excluding hydrogens is 500 g/mol. The molecule has 4 aromatic carbocycles. The predicted octanol–water partition coefficient (Wildman–Crippen LogP) is 8.34. The van der Waals surface area contributed by atoms with Crippen LogP contribution in [0, 0.1) is 20.8 Å². The Morgan fingerprint density at radius 2 is 1.30 bits per heavy atom. The van der Waals surface area contributed by atoms with E-state index in [1.54, 1.807) is 24.3 Å². The Bertz CT molecular complexity index is 1340. The summed E-state index contributed by atoms with van der Waals surface area (Å²) >= 11 is 0. The molecule has 1 fully saturated rings. The van der Waals surface area contributed by atoms with Gasteiger partial charge in [-0.25, -0.2) is 0 Å². The second kappa shape index (κ2) is 12.6. The molecule has 2 N–H and O–H groups in total. The minimum absolute atomic E-state index is 0.117. The Morgan fingerprint density at radius 1 is 0.725 bits per heavy atom. The normalized spacial score (nSPS) is 15.2. The van der Waals surface area contributed by atoms with E-state index in [9.17, 15) is 10.2 Å². The van der Waals surface area contributed by atoms with Crippen molar-refractivity contribution in [3.8, 4) is 50.6 Å². The molecule has 40 heavy (non-hydrogen) atoms. The molecule has 5 rings (SSSR count). The summed E-state index contributed by atoms with van der Waals surface area (Å²) in [7, 11) is 0. The van der Waals surface area contributed by atoms with Crippen LogP contribution < -0.4 is 4.74 Å². The van der Waals surface area contributed by atoms with Gasteiger partial charge in [0.25, 0.3) is 0 Å². The van der Waals surface area contributed by atoms with Gasteiger partial charge in [-0.2, -0.15) is 0 Å². The van der Waals surface area contributed by atoms with Crippen LogP contribution in [0.15, 0.2) is 72.8 Å². The lowest BCUT2D eigenvalue weighted by Gasteiger charge is -2.23. The quantitative estimate of drug-likeness (QED) is 0.210. The Labute approximate surface area is 237 Å². The third kappa shape index (κ3) is 6.49. The van der Waals surface area contributed by atoms with E-state index >= 15 is 0 Å². The number of aryl methyl sites for hydroxylation is 3. The minimum atomic E-state index is -0.117. The van der Waals surface area contributed by atoms with Crippen molar-refractivity contribution in [3.05, 3.63) is 89.5 Å². The van der Waals surface area contributed by atoms with Crippen molar-refractivity contribution in [1.82, 2.24) is 0 Å². The molecule has 0 bridgehead atoms. The number of ether oxygens (including phenoxy) is 3. The number of hydrogen-bond acceptors (Lipinski definition) is 5. The number of phenols is 2. The van der Waals surface area contributed by atoms with Crippen molar-refractivity contribution < 1.29 is 24.4 Å². The fraction of sp³-hybridized carbons (Fsp3) is 0.314. The van der Waals surface area contributed by atoms with E-state index in [4.69, 9.17) is 14.2 Å². The van der Waals surface area contributed by atoms with Crippen molar-refractivity contribution >= 4 is 0 Å². The molecule has 1 aliphatic rings. The van der Waals surface area contributed by atoms with E-state index in [-0.39, 0.29) is 17.8 Å². The summed E-state index contributed by atoms with van der Waals surface area (Å²) in [6, 6.07) is 23.3. The van der Waals surface area contributed by atoms with Gasteiger partial charge in [-0.1, -0.05) is 42.0 Å². The lowest BCUT2D eigenvalue weighted by molar-refractivity contribution is -0.163. The zero-order valence-corrected chi connectivity index (χ0v) is 23.6. The van der Waals surface area contributed by atoms with E-state index < -0.39 is 0 Å². The van der Waals surface area contributed by atoms with Crippen molar-refractivity contribution in [1.29, 1.82) is 0 Å². The van der Waals surface area contributed by atoms with Gasteiger partial charge in [0.2, 0.25) is 0 Å². The zero-order valence-electron chi connectivity index (χ0n) is 23.6. The average molecular weight is 539 g/mol. The van der Waals surface area contributed by atoms with E-state index in [1.807, 2.05) is 24.3 Å². The highest BCUT2D eigenvalue weighted by Gasteiger charge is 2.19. The van der Waals surface area contributed by atoms with Crippen LogP contribution in [0.25, 0.3) is 33.4 Å². The molecule has 0 radical (unpaired) electrons. The molecular formula is C35H38O5. The van der Waals surface area contributed by atoms with Gasteiger partial charge in [0.1, 0.15) is 17.2 Å². The topological polar surface area (TPSA) is 68.2 Å². The molecule has 0 aliphatic carbocycles. The molecule has 1 unspecified atom stereocenters. The Hall–Kier alpha value is -3.80. The van der Waals surface area contributed by atoms with E-state index in [2.05, 4.69) is 45.0 Å². The lowest BCUT2D eigenvalue weighted by Crippen LogP contribution is -2.23. The fourth-order valence-electron chi connectivity index (χ4n) is 5.57. The molecule has 0 saturated carbocycles. The smallest absolute Gasteiger partial charge is 0.157 e. The van der Waals surface area contributed by atoms with Gasteiger partial charge in [0.15, 0.2) is 6.29 Å². The molecule has 1 aliphatic heterocycles. The molecule has 208 valence electrons. The van der Waals surface area contributed by atoms with Crippen LogP contribution >= 0.6 is 0 Å². The van der Waals surface area contributed by atoms with Crippen LogP contribution in [0.2, 0.25) is 0 Å². The summed E-state index contributed by atoms with van der Waals surface area (Å²) in [4.78, 5) is 0. The number of hydrogen-bond donors (Lipinski definition) is 2.